The van der Waals surface area contributed by atoms with Crippen molar-refractivity contribution in [3.05, 3.63) is 41.4 Å². The summed E-state index contributed by atoms with van der Waals surface area (Å²) in [6.45, 7) is 0. The highest BCUT2D eigenvalue weighted by Crippen LogP contribution is 2.22. The molecule has 80 valence electrons. The molecule has 4 nitrogen and oxygen atoms in total. The number of nitrogens with one attached hydrogen (secondary N) is 1. The summed E-state index contributed by atoms with van der Waals surface area (Å²) in [4.78, 5) is 10.3. The zero-order valence-electron chi connectivity index (χ0n) is 7.58. The Morgan fingerprint density at radius 2 is 2.07 bits per heavy atom. The monoisotopic (exact) mass is 243 g/mol. The number of hydrogen-bond acceptors (Lipinski definition) is 5. The number of carboxylic acids is 1. The summed E-state index contributed by atoms with van der Waals surface area (Å²) in [5.74, 6) is -1.31. The molecule has 0 unspecified atom stereocenters. The van der Waals surface area contributed by atoms with E-state index in [2.05, 4.69) is 4.72 Å². The largest absolute Gasteiger partial charge is 0.507 e. The molecule has 15 heavy (non-hydrogen) atoms. The molecule has 2 rings (SSSR count). The molecule has 0 aromatic heterocycles. The number of carboxylic acid groups (broad SMARTS) is 1. The predicted molar refractivity (Wildman–Crippen MR) is 62.5 cm³/mol. The summed E-state index contributed by atoms with van der Waals surface area (Å²) in [6, 6.07) is 5.81. The van der Waals surface area contributed by atoms with Crippen molar-refractivity contribution in [1.29, 1.82) is 0 Å². The Hall–Kier alpha value is -1.27. The van der Waals surface area contributed by atoms with Crippen molar-refractivity contribution in [2.24, 2.45) is 0 Å². The molecule has 0 saturated carbocycles. The van der Waals surface area contributed by atoms with E-state index >= 15 is 0 Å². The molecule has 0 atom stereocenters. The lowest BCUT2D eigenvalue weighted by Crippen LogP contribution is -1.95. The van der Waals surface area contributed by atoms with Gasteiger partial charge in [-0.1, -0.05) is 12.1 Å². The maximum atomic E-state index is 10.3. The standard InChI is InChI=1S/C7H6O3.C2H3NS2/c8-6-4-2-1-3-5(6)7(9)10;1-2-4-5-3-1/h1-4,8H,(H,9,10);1-3H. The molecule has 0 saturated heterocycles. The number of phenols is 1. The van der Waals surface area contributed by atoms with Crippen LogP contribution in [0.15, 0.2) is 35.9 Å². The van der Waals surface area contributed by atoms with Gasteiger partial charge in [-0.2, -0.15) is 0 Å². The number of hydrogen-bond donors (Lipinski definition) is 3. The summed E-state index contributed by atoms with van der Waals surface area (Å²) < 4.78 is 2.92. The van der Waals surface area contributed by atoms with E-state index in [1.807, 2.05) is 11.6 Å². The Balaban J connectivity index is 0.000000187. The van der Waals surface area contributed by atoms with E-state index in [0.29, 0.717) is 0 Å². The number of para-hydroxylation sites is 1. The van der Waals surface area contributed by atoms with Crippen molar-refractivity contribution in [1.82, 2.24) is 4.72 Å². The van der Waals surface area contributed by atoms with E-state index in [1.54, 1.807) is 33.9 Å². The third-order valence-corrected chi connectivity index (χ3v) is 2.91. The van der Waals surface area contributed by atoms with Crippen molar-refractivity contribution in [2.75, 3.05) is 0 Å². The van der Waals surface area contributed by atoms with Gasteiger partial charge >= 0.3 is 5.97 Å². The van der Waals surface area contributed by atoms with Gasteiger partial charge in [0.2, 0.25) is 0 Å². The molecule has 1 heterocycles. The summed E-state index contributed by atoms with van der Waals surface area (Å²) >= 11 is 0. The van der Waals surface area contributed by atoms with Crippen LogP contribution in [0.5, 0.6) is 5.75 Å². The lowest BCUT2D eigenvalue weighted by Gasteiger charge is -1.95. The Morgan fingerprint density at radius 1 is 1.33 bits per heavy atom. The lowest BCUT2D eigenvalue weighted by molar-refractivity contribution is 0.0694. The van der Waals surface area contributed by atoms with Crippen molar-refractivity contribution in [3.63, 3.8) is 0 Å². The number of carbonyl (C=O) groups is 1. The van der Waals surface area contributed by atoms with E-state index in [4.69, 9.17) is 10.2 Å². The highest BCUT2D eigenvalue weighted by molar-refractivity contribution is 8.77. The first-order valence-electron chi connectivity index (χ1n) is 3.96. The Kier molecular flexibility index (Phi) is 4.92. The first kappa shape index (κ1) is 11.8. The number of benzene rings is 1. The van der Waals surface area contributed by atoms with Gasteiger partial charge in [0, 0.05) is 22.6 Å². The van der Waals surface area contributed by atoms with Crippen molar-refractivity contribution >= 4 is 27.7 Å². The first-order chi connectivity index (χ1) is 7.22. The van der Waals surface area contributed by atoms with Gasteiger partial charge in [-0.25, -0.2) is 4.79 Å². The van der Waals surface area contributed by atoms with Crippen LogP contribution in [-0.4, -0.2) is 16.2 Å². The average Bonchev–Trinajstić information content (AvgIpc) is 2.75. The second-order valence-electron chi connectivity index (χ2n) is 2.42. The third kappa shape index (κ3) is 4.18. The molecule has 0 aliphatic carbocycles. The fourth-order valence-corrected chi connectivity index (χ4v) is 1.90. The molecule has 0 spiro atoms. The lowest BCUT2D eigenvalue weighted by atomic mass is 10.2. The van der Waals surface area contributed by atoms with Crippen LogP contribution in [0, 0.1) is 0 Å². The van der Waals surface area contributed by atoms with E-state index < -0.39 is 5.97 Å². The van der Waals surface area contributed by atoms with Gasteiger partial charge in [0.15, 0.2) is 0 Å². The smallest absolute Gasteiger partial charge is 0.339 e. The summed E-state index contributed by atoms with van der Waals surface area (Å²) in [5, 5.41) is 19.3. The minimum atomic E-state index is -1.11. The topological polar surface area (TPSA) is 69.6 Å². The van der Waals surface area contributed by atoms with Gasteiger partial charge in [-0.3, -0.25) is 0 Å². The second-order valence-corrected chi connectivity index (χ2v) is 4.37. The molecule has 1 aliphatic rings. The molecular formula is C9H9NO3S2. The number of aromatic carboxylic acids is 1. The van der Waals surface area contributed by atoms with Gasteiger partial charge in [0.25, 0.3) is 0 Å². The van der Waals surface area contributed by atoms with Gasteiger partial charge in [0.1, 0.15) is 11.3 Å². The number of rotatable bonds is 1. The van der Waals surface area contributed by atoms with Gasteiger partial charge in [-0.15, -0.1) is 0 Å². The molecule has 1 aromatic carbocycles. The minimum Gasteiger partial charge on any atom is -0.507 e. The van der Waals surface area contributed by atoms with E-state index in [9.17, 15) is 4.79 Å². The van der Waals surface area contributed by atoms with Crippen molar-refractivity contribution < 1.29 is 15.0 Å². The van der Waals surface area contributed by atoms with Gasteiger partial charge < -0.3 is 14.9 Å². The zero-order chi connectivity index (χ0) is 11.1. The molecule has 1 aliphatic heterocycles. The zero-order valence-corrected chi connectivity index (χ0v) is 9.22. The molecule has 0 fully saturated rings. The SMILES string of the molecule is C1=CSSN1.O=C(O)c1ccccc1O. The molecule has 0 bridgehead atoms. The molecule has 6 heteroatoms. The van der Waals surface area contributed by atoms with E-state index in [-0.39, 0.29) is 11.3 Å². The summed E-state index contributed by atoms with van der Waals surface area (Å²) in [5.41, 5.74) is -0.0671. The van der Waals surface area contributed by atoms with Crippen LogP contribution in [-0.2, 0) is 0 Å². The van der Waals surface area contributed by atoms with Crippen molar-refractivity contribution in [3.8, 4) is 5.75 Å². The summed E-state index contributed by atoms with van der Waals surface area (Å²) in [7, 11) is 3.33. The normalized spacial score (nSPS) is 12.5. The van der Waals surface area contributed by atoms with E-state index in [0.717, 1.165) is 0 Å². The number of aromatic hydroxyl groups is 1. The van der Waals surface area contributed by atoms with Crippen molar-refractivity contribution in [2.45, 2.75) is 0 Å². The van der Waals surface area contributed by atoms with Crippen LogP contribution in [0.1, 0.15) is 10.4 Å². The quantitative estimate of drug-likeness (QED) is 0.520. The Bertz CT molecular complexity index is 362. The highest BCUT2D eigenvalue weighted by Gasteiger charge is 2.05. The van der Waals surface area contributed by atoms with Crippen LogP contribution in [0.2, 0.25) is 0 Å². The molecule has 3 N–H and O–H groups in total. The molecule has 1 aromatic rings. The highest BCUT2D eigenvalue weighted by atomic mass is 33.1. The fraction of sp³-hybridized carbons (Fsp3) is 0. The maximum absolute atomic E-state index is 10.3. The van der Waals surface area contributed by atoms with E-state index in [1.165, 1.54) is 12.1 Å². The molecule has 0 amide bonds. The minimum absolute atomic E-state index is 0.0671. The predicted octanol–water partition coefficient (Wildman–Crippen LogP) is 2.45. The van der Waals surface area contributed by atoms with Gasteiger partial charge in [-0.05, 0) is 22.9 Å². The average molecular weight is 243 g/mol. The Morgan fingerprint density at radius 3 is 2.40 bits per heavy atom. The third-order valence-electron chi connectivity index (χ3n) is 1.42. The van der Waals surface area contributed by atoms with Gasteiger partial charge in [0.05, 0.1) is 0 Å². The first-order valence-corrected chi connectivity index (χ1v) is 6.17. The van der Waals surface area contributed by atoms with Crippen LogP contribution in [0.4, 0.5) is 0 Å². The van der Waals surface area contributed by atoms with Crippen LogP contribution in [0.3, 0.4) is 0 Å². The summed E-state index contributed by atoms with van der Waals surface area (Å²) in [6.07, 6.45) is 1.91. The maximum Gasteiger partial charge on any atom is 0.339 e. The fourth-order valence-electron chi connectivity index (χ4n) is 0.793. The molecule has 0 radical (unpaired) electrons. The van der Waals surface area contributed by atoms with Crippen LogP contribution in [0.25, 0.3) is 0 Å². The molecular weight excluding hydrogens is 234 g/mol. The van der Waals surface area contributed by atoms with Crippen LogP contribution >= 0.6 is 21.8 Å². The Labute approximate surface area is 94.9 Å². The second kappa shape index (κ2) is 6.26. The van der Waals surface area contributed by atoms with Crippen LogP contribution < -0.4 is 4.72 Å².